The molecular formula is C32H64N2O3S. The van der Waals surface area contributed by atoms with Crippen LogP contribution in [-0.2, 0) is 14.3 Å². The number of hydrogen-bond acceptors (Lipinski definition) is 6. The van der Waals surface area contributed by atoms with Gasteiger partial charge in [0.25, 0.3) is 0 Å². The average Bonchev–Trinajstić information content (AvgIpc) is 2.84. The topological polar surface area (TPSA) is 64.8 Å². The molecule has 1 heterocycles. The van der Waals surface area contributed by atoms with Gasteiger partial charge in [-0.05, 0) is 83.6 Å². The molecule has 0 radical (unpaired) electrons. The number of rotatable bonds is 17. The molecule has 0 aromatic carbocycles. The molecule has 0 spiro atoms. The summed E-state index contributed by atoms with van der Waals surface area (Å²) in [6, 6.07) is 0.495. The Balaban J connectivity index is 3.05. The predicted molar refractivity (Wildman–Crippen MR) is 166 cm³/mol. The van der Waals surface area contributed by atoms with Crippen LogP contribution >= 0.6 is 12.6 Å². The largest absolute Gasteiger partial charge is 0.350 e. The zero-order chi connectivity index (χ0) is 29.4. The zero-order valence-electron chi connectivity index (χ0n) is 27.0. The van der Waals surface area contributed by atoms with Crippen LogP contribution in [0.5, 0.6) is 0 Å². The SMILES string of the molecule is CCC1CC(C)OC(O[C@H]([C@@H](C)[C@H](C)C(C)C(C)=O)[C@](C)(S)C[C@@H](C)CN(C)C(C)[C@H](N)C[C@H](C)CC)C1. The van der Waals surface area contributed by atoms with Crippen molar-refractivity contribution < 1.29 is 14.3 Å². The van der Waals surface area contributed by atoms with Crippen LogP contribution in [0.3, 0.4) is 0 Å². The van der Waals surface area contributed by atoms with Gasteiger partial charge < -0.3 is 20.1 Å². The number of nitrogens with zero attached hydrogens (tertiary/aromatic N) is 1. The Morgan fingerprint density at radius 3 is 2.24 bits per heavy atom. The zero-order valence-corrected chi connectivity index (χ0v) is 27.9. The lowest BCUT2D eigenvalue weighted by Gasteiger charge is -2.45. The molecule has 1 saturated heterocycles. The fourth-order valence-corrected chi connectivity index (χ4v) is 7.04. The van der Waals surface area contributed by atoms with Crippen molar-refractivity contribution in [3.05, 3.63) is 0 Å². The van der Waals surface area contributed by atoms with E-state index in [9.17, 15) is 4.79 Å². The lowest BCUT2D eigenvalue weighted by molar-refractivity contribution is -0.237. The minimum absolute atomic E-state index is 0.0220. The van der Waals surface area contributed by atoms with Crippen LogP contribution < -0.4 is 5.73 Å². The monoisotopic (exact) mass is 556 g/mol. The van der Waals surface area contributed by atoms with Gasteiger partial charge in [0.15, 0.2) is 6.29 Å². The second-order valence-corrected chi connectivity index (χ2v) is 14.6. The van der Waals surface area contributed by atoms with E-state index in [0.29, 0.717) is 23.8 Å². The van der Waals surface area contributed by atoms with Gasteiger partial charge >= 0.3 is 0 Å². The Bertz CT molecular complexity index is 690. The van der Waals surface area contributed by atoms with E-state index in [1.807, 2.05) is 6.92 Å². The second kappa shape index (κ2) is 16.3. The number of nitrogens with two attached hydrogens (primary N) is 1. The molecule has 1 aliphatic rings. The minimum atomic E-state index is -0.377. The third-order valence-corrected chi connectivity index (χ3v) is 10.3. The quantitative estimate of drug-likeness (QED) is 0.185. The summed E-state index contributed by atoms with van der Waals surface area (Å²) in [6.45, 7) is 24.9. The van der Waals surface area contributed by atoms with Crippen LogP contribution in [0.2, 0.25) is 0 Å². The summed E-state index contributed by atoms with van der Waals surface area (Å²) in [5, 5.41) is 0. The number of ether oxygens (including phenoxy) is 2. The summed E-state index contributed by atoms with van der Waals surface area (Å²) in [5.74, 6) is 2.23. The smallest absolute Gasteiger partial charge is 0.158 e. The molecule has 6 heteroatoms. The van der Waals surface area contributed by atoms with Crippen molar-refractivity contribution in [1.29, 1.82) is 0 Å². The van der Waals surface area contributed by atoms with Gasteiger partial charge in [-0.1, -0.05) is 61.3 Å². The van der Waals surface area contributed by atoms with Crippen LogP contribution in [0.15, 0.2) is 0 Å². The molecule has 0 aromatic heterocycles. The van der Waals surface area contributed by atoms with Gasteiger partial charge in [0.1, 0.15) is 5.78 Å². The van der Waals surface area contributed by atoms with Crippen molar-refractivity contribution in [2.75, 3.05) is 13.6 Å². The summed E-state index contributed by atoms with van der Waals surface area (Å²) < 4.78 is 12.8. The van der Waals surface area contributed by atoms with Gasteiger partial charge in [0, 0.05) is 35.7 Å². The van der Waals surface area contributed by atoms with E-state index in [1.54, 1.807) is 6.92 Å². The molecule has 5 nitrogen and oxygen atoms in total. The van der Waals surface area contributed by atoms with E-state index in [1.165, 1.54) is 6.42 Å². The van der Waals surface area contributed by atoms with Crippen molar-refractivity contribution in [3.63, 3.8) is 0 Å². The molecule has 226 valence electrons. The van der Waals surface area contributed by atoms with E-state index < -0.39 is 0 Å². The highest BCUT2D eigenvalue weighted by molar-refractivity contribution is 7.81. The van der Waals surface area contributed by atoms with Crippen LogP contribution in [0.4, 0.5) is 0 Å². The van der Waals surface area contributed by atoms with E-state index in [4.69, 9.17) is 27.8 Å². The molecule has 1 aliphatic heterocycles. The first-order valence-corrected chi connectivity index (χ1v) is 16.0. The Kier molecular flexibility index (Phi) is 15.4. The van der Waals surface area contributed by atoms with E-state index >= 15 is 0 Å². The maximum atomic E-state index is 12.3. The van der Waals surface area contributed by atoms with Crippen molar-refractivity contribution in [2.24, 2.45) is 41.2 Å². The lowest BCUT2D eigenvalue weighted by Crippen LogP contribution is -2.50. The van der Waals surface area contributed by atoms with Gasteiger partial charge in [-0.2, -0.15) is 12.6 Å². The van der Waals surface area contributed by atoms with Gasteiger partial charge in [-0.3, -0.25) is 4.79 Å². The highest BCUT2D eigenvalue weighted by Crippen LogP contribution is 2.40. The number of likely N-dealkylation sites (N-methyl/N-ethyl adjacent to an activating group) is 1. The second-order valence-electron chi connectivity index (χ2n) is 13.6. The summed E-state index contributed by atoms with van der Waals surface area (Å²) in [5.41, 5.74) is 6.59. The van der Waals surface area contributed by atoms with Crippen LogP contribution in [-0.4, -0.2) is 59.6 Å². The predicted octanol–water partition coefficient (Wildman–Crippen LogP) is 7.22. The number of hydrogen-bond donors (Lipinski definition) is 2. The summed E-state index contributed by atoms with van der Waals surface area (Å²) >= 11 is 5.31. The number of thiol groups is 1. The third kappa shape index (κ3) is 11.0. The first-order chi connectivity index (χ1) is 17.5. The number of carbonyl (C=O) groups is 1. The molecule has 0 aliphatic carbocycles. The van der Waals surface area contributed by atoms with Gasteiger partial charge in [0.05, 0.1) is 12.2 Å². The molecule has 0 amide bonds. The Labute approximate surface area is 242 Å². The maximum absolute atomic E-state index is 12.3. The van der Waals surface area contributed by atoms with E-state index in [-0.39, 0.29) is 52.8 Å². The Morgan fingerprint density at radius 2 is 1.71 bits per heavy atom. The standard InChI is InChI=1S/C32H64N2O3S/c1-13-20(3)15-29(33)26(9)34(12)19-21(4)18-32(11,38)31(25(8)23(6)24(7)27(10)35)37-30-17-28(14-2)16-22(5)36-30/h20-26,28-31,38H,13-19,33H2,1-12H3/t20-,21-,22?,23-,24?,25+,26?,28?,29-,30?,31-,32-/m1/s1. The van der Waals surface area contributed by atoms with Crippen molar-refractivity contribution in [2.45, 2.75) is 150 Å². The summed E-state index contributed by atoms with van der Waals surface area (Å²) in [4.78, 5) is 14.7. The molecule has 5 unspecified atom stereocenters. The van der Waals surface area contributed by atoms with Gasteiger partial charge in [-0.15, -0.1) is 0 Å². The van der Waals surface area contributed by atoms with Gasteiger partial charge in [-0.25, -0.2) is 0 Å². The molecule has 2 N–H and O–H groups in total. The van der Waals surface area contributed by atoms with Crippen LogP contribution in [0.1, 0.15) is 115 Å². The Hall–Kier alpha value is -0.140. The molecule has 0 saturated carbocycles. The lowest BCUT2D eigenvalue weighted by atomic mass is 9.75. The molecule has 0 bridgehead atoms. The molecule has 0 aromatic rings. The normalized spacial score (nSPS) is 28.6. The molecule has 38 heavy (non-hydrogen) atoms. The minimum Gasteiger partial charge on any atom is -0.350 e. The van der Waals surface area contributed by atoms with E-state index in [2.05, 4.69) is 74.3 Å². The van der Waals surface area contributed by atoms with Crippen molar-refractivity contribution in [1.82, 2.24) is 4.90 Å². The first-order valence-electron chi connectivity index (χ1n) is 15.5. The molecule has 1 rings (SSSR count). The molecular weight excluding hydrogens is 492 g/mol. The fraction of sp³-hybridized carbons (Fsp3) is 0.969. The van der Waals surface area contributed by atoms with Crippen LogP contribution in [0, 0.1) is 35.5 Å². The summed E-state index contributed by atoms with van der Waals surface area (Å²) in [7, 11) is 2.20. The summed E-state index contributed by atoms with van der Waals surface area (Å²) in [6.07, 6.45) is 6.13. The van der Waals surface area contributed by atoms with Gasteiger partial charge in [0.2, 0.25) is 0 Å². The Morgan fingerprint density at radius 1 is 1.11 bits per heavy atom. The highest BCUT2D eigenvalue weighted by atomic mass is 32.1. The molecule has 1 fully saturated rings. The van der Waals surface area contributed by atoms with E-state index in [0.717, 1.165) is 38.6 Å². The number of Topliss-reactive ketones (excluding diaryl/α,β-unsaturated/α-hetero) is 1. The molecule has 12 atom stereocenters. The third-order valence-electron chi connectivity index (χ3n) is 9.85. The van der Waals surface area contributed by atoms with Crippen molar-refractivity contribution >= 4 is 18.4 Å². The maximum Gasteiger partial charge on any atom is 0.158 e. The van der Waals surface area contributed by atoms with Crippen LogP contribution in [0.25, 0.3) is 0 Å². The first kappa shape index (κ1) is 35.9. The number of ketones is 1. The fourth-order valence-electron chi connectivity index (χ4n) is 6.43. The number of carbonyl (C=O) groups excluding carboxylic acids is 1. The highest BCUT2D eigenvalue weighted by Gasteiger charge is 2.43. The average molecular weight is 557 g/mol. The van der Waals surface area contributed by atoms with Crippen molar-refractivity contribution in [3.8, 4) is 0 Å².